The van der Waals surface area contributed by atoms with Gasteiger partial charge < -0.3 is 10.8 Å². The Morgan fingerprint density at radius 3 is 2.78 bits per heavy atom. The third kappa shape index (κ3) is 1.62. The molecule has 0 radical (unpaired) electrons. The van der Waals surface area contributed by atoms with Crippen molar-refractivity contribution in [1.82, 2.24) is 10.6 Å². The highest BCUT2D eigenvalue weighted by atomic mass is 16.3. The second-order valence-electron chi connectivity index (χ2n) is 2.48. The molecule has 0 aromatic rings. The van der Waals surface area contributed by atoms with Gasteiger partial charge in [-0.15, -0.1) is 0 Å². The lowest BCUT2D eigenvalue weighted by molar-refractivity contribution is 0.0471. The molecule has 0 saturated carbocycles. The maximum absolute atomic E-state index is 8.90. The van der Waals surface area contributed by atoms with Crippen LogP contribution in [0.1, 0.15) is 6.92 Å². The van der Waals surface area contributed by atoms with Crippen molar-refractivity contribution in [2.24, 2.45) is 11.7 Å². The van der Waals surface area contributed by atoms with Crippen molar-refractivity contribution >= 4 is 0 Å². The molecule has 1 heterocycles. The molecule has 9 heavy (non-hydrogen) atoms. The molecule has 4 heteroatoms. The van der Waals surface area contributed by atoms with E-state index in [1.807, 2.05) is 6.92 Å². The van der Waals surface area contributed by atoms with E-state index < -0.39 is 6.35 Å². The van der Waals surface area contributed by atoms with Gasteiger partial charge in [0.05, 0.1) is 6.17 Å². The number of aliphatic hydroxyl groups excluding tert-OH is 1. The van der Waals surface area contributed by atoms with Gasteiger partial charge in [-0.1, -0.05) is 6.92 Å². The lowest BCUT2D eigenvalue weighted by Crippen LogP contribution is -2.61. The molecular formula is C5H13N3O. The van der Waals surface area contributed by atoms with E-state index in [-0.39, 0.29) is 6.17 Å². The first-order valence-electron chi connectivity index (χ1n) is 3.13. The van der Waals surface area contributed by atoms with Crippen molar-refractivity contribution in [2.45, 2.75) is 19.4 Å². The van der Waals surface area contributed by atoms with Crippen LogP contribution in [0.2, 0.25) is 0 Å². The minimum absolute atomic E-state index is 0.0822. The third-order valence-electron chi connectivity index (χ3n) is 1.60. The molecule has 0 spiro atoms. The van der Waals surface area contributed by atoms with E-state index in [1.165, 1.54) is 0 Å². The fraction of sp³-hybridized carbons (Fsp3) is 1.00. The molecule has 0 bridgehead atoms. The normalized spacial score (nSPS) is 45.0. The summed E-state index contributed by atoms with van der Waals surface area (Å²) < 4.78 is 0. The Hall–Kier alpha value is -0.160. The summed E-state index contributed by atoms with van der Waals surface area (Å²) in [4.78, 5) is 0. The summed E-state index contributed by atoms with van der Waals surface area (Å²) >= 11 is 0. The topological polar surface area (TPSA) is 70.3 Å². The molecule has 0 aromatic carbocycles. The molecule has 3 atom stereocenters. The van der Waals surface area contributed by atoms with Crippen LogP contribution in [0.4, 0.5) is 0 Å². The molecule has 0 amide bonds. The van der Waals surface area contributed by atoms with E-state index in [0.29, 0.717) is 5.92 Å². The number of rotatable bonds is 0. The van der Waals surface area contributed by atoms with Crippen molar-refractivity contribution in [3.8, 4) is 0 Å². The highest BCUT2D eigenvalue weighted by Gasteiger charge is 2.20. The first-order chi connectivity index (χ1) is 4.20. The van der Waals surface area contributed by atoms with Crippen LogP contribution in [-0.4, -0.2) is 24.2 Å². The Labute approximate surface area is 54.4 Å². The molecule has 1 fully saturated rings. The summed E-state index contributed by atoms with van der Waals surface area (Å²) in [7, 11) is 0. The summed E-state index contributed by atoms with van der Waals surface area (Å²) in [5.41, 5.74) is 5.56. The molecule has 1 aliphatic heterocycles. The predicted octanol–water partition coefficient (Wildman–Crippen LogP) is -1.62. The van der Waals surface area contributed by atoms with Crippen LogP contribution >= 0.6 is 0 Å². The Bertz CT molecular complexity index is 98.2. The van der Waals surface area contributed by atoms with Gasteiger partial charge in [-0.05, 0) is 5.92 Å². The van der Waals surface area contributed by atoms with Crippen LogP contribution in [0.15, 0.2) is 0 Å². The van der Waals surface area contributed by atoms with E-state index in [4.69, 9.17) is 10.8 Å². The average Bonchev–Trinajstić information content (AvgIpc) is 1.80. The maximum atomic E-state index is 8.90. The second kappa shape index (κ2) is 2.62. The molecule has 0 aromatic heterocycles. The van der Waals surface area contributed by atoms with Gasteiger partial charge >= 0.3 is 0 Å². The van der Waals surface area contributed by atoms with Gasteiger partial charge in [0.25, 0.3) is 0 Å². The zero-order valence-corrected chi connectivity index (χ0v) is 5.46. The number of aliphatic hydroxyl groups is 1. The first kappa shape index (κ1) is 6.95. The van der Waals surface area contributed by atoms with Crippen molar-refractivity contribution in [3.63, 3.8) is 0 Å². The molecule has 1 aliphatic rings. The van der Waals surface area contributed by atoms with Gasteiger partial charge in [0, 0.05) is 6.54 Å². The Morgan fingerprint density at radius 2 is 2.33 bits per heavy atom. The smallest absolute Gasteiger partial charge is 0.161 e. The van der Waals surface area contributed by atoms with E-state index in [9.17, 15) is 0 Å². The van der Waals surface area contributed by atoms with Gasteiger partial charge in [-0.2, -0.15) is 0 Å². The quantitative estimate of drug-likeness (QED) is 0.319. The summed E-state index contributed by atoms with van der Waals surface area (Å²) in [6, 6.07) is 0. The monoisotopic (exact) mass is 131 g/mol. The SMILES string of the molecule is CC1CNC(O)NC1N. The van der Waals surface area contributed by atoms with Gasteiger partial charge in [0.2, 0.25) is 0 Å². The summed E-state index contributed by atoms with van der Waals surface area (Å²) in [5.74, 6) is 0.383. The molecule has 54 valence electrons. The number of hydrogen-bond acceptors (Lipinski definition) is 4. The molecule has 1 saturated heterocycles. The van der Waals surface area contributed by atoms with Gasteiger partial charge in [-0.25, -0.2) is 0 Å². The second-order valence-corrected chi connectivity index (χ2v) is 2.48. The zero-order chi connectivity index (χ0) is 6.85. The Kier molecular flexibility index (Phi) is 2.02. The van der Waals surface area contributed by atoms with Crippen LogP contribution in [0, 0.1) is 5.92 Å². The minimum Gasteiger partial charge on any atom is -0.365 e. The fourth-order valence-electron chi connectivity index (χ4n) is 0.830. The highest BCUT2D eigenvalue weighted by molar-refractivity contribution is 4.75. The summed E-state index contributed by atoms with van der Waals surface area (Å²) in [6.45, 7) is 2.80. The van der Waals surface area contributed by atoms with Gasteiger partial charge in [-0.3, -0.25) is 10.6 Å². The van der Waals surface area contributed by atoms with Crippen LogP contribution in [0.3, 0.4) is 0 Å². The lowest BCUT2D eigenvalue weighted by Gasteiger charge is -2.31. The fourth-order valence-corrected chi connectivity index (χ4v) is 0.830. The van der Waals surface area contributed by atoms with Crippen molar-refractivity contribution < 1.29 is 5.11 Å². The zero-order valence-electron chi connectivity index (χ0n) is 5.46. The highest BCUT2D eigenvalue weighted by Crippen LogP contribution is 2.00. The van der Waals surface area contributed by atoms with Crippen LogP contribution in [-0.2, 0) is 0 Å². The Balaban J connectivity index is 2.35. The molecule has 3 unspecified atom stereocenters. The third-order valence-corrected chi connectivity index (χ3v) is 1.60. The Morgan fingerprint density at radius 1 is 1.67 bits per heavy atom. The molecule has 1 rings (SSSR count). The van der Waals surface area contributed by atoms with Crippen molar-refractivity contribution in [2.75, 3.05) is 6.54 Å². The first-order valence-corrected chi connectivity index (χ1v) is 3.13. The van der Waals surface area contributed by atoms with Gasteiger partial charge in [0.1, 0.15) is 0 Å². The van der Waals surface area contributed by atoms with Gasteiger partial charge in [0.15, 0.2) is 6.35 Å². The standard InChI is InChI=1S/C5H13N3O/c1-3-2-7-5(9)8-4(3)6/h3-5,7-9H,2,6H2,1H3. The summed E-state index contributed by atoms with van der Waals surface area (Å²) in [6.07, 6.45) is -0.711. The summed E-state index contributed by atoms with van der Waals surface area (Å²) in [5, 5.41) is 14.5. The number of nitrogens with one attached hydrogen (secondary N) is 2. The van der Waals surface area contributed by atoms with Crippen LogP contribution in [0.5, 0.6) is 0 Å². The predicted molar refractivity (Wildman–Crippen MR) is 34.3 cm³/mol. The molecular weight excluding hydrogens is 118 g/mol. The largest absolute Gasteiger partial charge is 0.365 e. The van der Waals surface area contributed by atoms with Crippen LogP contribution < -0.4 is 16.4 Å². The van der Waals surface area contributed by atoms with E-state index >= 15 is 0 Å². The maximum Gasteiger partial charge on any atom is 0.161 e. The average molecular weight is 131 g/mol. The van der Waals surface area contributed by atoms with E-state index in [2.05, 4.69) is 10.6 Å². The molecule has 4 nitrogen and oxygen atoms in total. The van der Waals surface area contributed by atoms with Crippen molar-refractivity contribution in [1.29, 1.82) is 0 Å². The van der Waals surface area contributed by atoms with E-state index in [0.717, 1.165) is 6.54 Å². The number of hydrogen-bond donors (Lipinski definition) is 4. The lowest BCUT2D eigenvalue weighted by atomic mass is 10.1. The molecule has 5 N–H and O–H groups in total. The minimum atomic E-state index is -0.629. The van der Waals surface area contributed by atoms with Crippen LogP contribution in [0.25, 0.3) is 0 Å². The molecule has 0 aliphatic carbocycles. The van der Waals surface area contributed by atoms with E-state index in [1.54, 1.807) is 0 Å². The van der Waals surface area contributed by atoms with Crippen molar-refractivity contribution in [3.05, 3.63) is 0 Å². The number of nitrogens with two attached hydrogens (primary N) is 1.